The van der Waals surface area contributed by atoms with Crippen molar-refractivity contribution in [2.24, 2.45) is 0 Å². The van der Waals surface area contributed by atoms with E-state index in [1.165, 1.54) is 56.3 Å². The Bertz CT molecular complexity index is 436. The minimum atomic E-state index is 0.371. The summed E-state index contributed by atoms with van der Waals surface area (Å²) in [6.45, 7) is 10.9. The lowest BCUT2D eigenvalue weighted by atomic mass is 9.92. The zero-order valence-corrected chi connectivity index (χ0v) is 17.3. The van der Waals surface area contributed by atoms with Crippen molar-refractivity contribution in [1.82, 2.24) is 0 Å². The van der Waals surface area contributed by atoms with Crippen molar-refractivity contribution >= 4 is 11.8 Å². The highest BCUT2D eigenvalue weighted by Gasteiger charge is 2.15. The van der Waals surface area contributed by atoms with Gasteiger partial charge in [-0.25, -0.2) is 0 Å². The molecule has 0 fully saturated rings. The molecular formula is C22H38OS. The van der Waals surface area contributed by atoms with E-state index in [0.717, 1.165) is 16.9 Å². The highest BCUT2D eigenvalue weighted by atomic mass is 32.2. The maximum Gasteiger partial charge on any atom is 0.122 e. The lowest BCUT2D eigenvalue weighted by Crippen LogP contribution is -1.98. The Kier molecular flexibility index (Phi) is 10.6. The smallest absolute Gasteiger partial charge is 0.122 e. The van der Waals surface area contributed by atoms with Crippen molar-refractivity contribution < 1.29 is 5.11 Å². The van der Waals surface area contributed by atoms with Gasteiger partial charge in [0.1, 0.15) is 5.75 Å². The van der Waals surface area contributed by atoms with Crippen LogP contribution < -0.4 is 0 Å². The van der Waals surface area contributed by atoms with E-state index in [1.54, 1.807) is 0 Å². The zero-order valence-electron chi connectivity index (χ0n) is 16.5. The molecule has 1 rings (SSSR count). The number of unbranched alkanes of at least 4 members (excludes halogenated alkanes) is 6. The topological polar surface area (TPSA) is 20.2 Å². The molecule has 0 aliphatic carbocycles. The summed E-state index contributed by atoms with van der Waals surface area (Å²) in [4.78, 5) is 0. The highest BCUT2D eigenvalue weighted by Crippen LogP contribution is 2.35. The van der Waals surface area contributed by atoms with Gasteiger partial charge in [-0.3, -0.25) is 0 Å². The number of benzene rings is 1. The average molecular weight is 351 g/mol. The van der Waals surface area contributed by atoms with Gasteiger partial charge in [0, 0.05) is 5.75 Å². The van der Waals surface area contributed by atoms with Gasteiger partial charge in [0.05, 0.1) is 0 Å². The van der Waals surface area contributed by atoms with Gasteiger partial charge in [-0.05, 0) is 40.7 Å². The van der Waals surface area contributed by atoms with E-state index in [1.807, 2.05) is 11.8 Å². The van der Waals surface area contributed by atoms with Crippen LogP contribution in [0, 0.1) is 0 Å². The number of phenols is 1. The fraction of sp³-hybridized carbons (Fsp3) is 0.727. The van der Waals surface area contributed by atoms with Gasteiger partial charge in [0.15, 0.2) is 0 Å². The molecule has 0 spiro atoms. The Morgan fingerprint density at radius 2 is 1.33 bits per heavy atom. The van der Waals surface area contributed by atoms with Gasteiger partial charge in [-0.2, -0.15) is 11.8 Å². The predicted octanol–water partition coefficient (Wildman–Crippen LogP) is 7.62. The summed E-state index contributed by atoms with van der Waals surface area (Å²) in [6.07, 6.45) is 9.66. The fourth-order valence-electron chi connectivity index (χ4n) is 3.06. The standard InChI is InChI=1S/C22H38OS/c1-6-7-8-9-10-11-12-13-24-16-19-14-20(17(2)3)22(23)21(15-19)18(4)5/h14-15,17-18,23H,6-13,16H2,1-5H3. The van der Waals surface area contributed by atoms with Crippen molar-refractivity contribution in [1.29, 1.82) is 0 Å². The molecule has 0 aliphatic heterocycles. The summed E-state index contributed by atoms with van der Waals surface area (Å²) in [6, 6.07) is 4.42. The van der Waals surface area contributed by atoms with Crippen molar-refractivity contribution in [3.05, 3.63) is 28.8 Å². The Hall–Kier alpha value is -0.630. The molecule has 2 heteroatoms. The Labute approximate surface area is 154 Å². The minimum Gasteiger partial charge on any atom is -0.507 e. The SMILES string of the molecule is CCCCCCCCCSCc1cc(C(C)C)c(O)c(C(C)C)c1. The molecule has 0 atom stereocenters. The molecule has 0 aromatic heterocycles. The number of thioether (sulfide) groups is 1. The van der Waals surface area contributed by atoms with Gasteiger partial charge in [-0.15, -0.1) is 0 Å². The van der Waals surface area contributed by atoms with Crippen molar-refractivity contribution in [3.8, 4) is 5.75 Å². The van der Waals surface area contributed by atoms with E-state index in [-0.39, 0.29) is 0 Å². The molecule has 0 heterocycles. The van der Waals surface area contributed by atoms with E-state index in [0.29, 0.717) is 17.6 Å². The van der Waals surface area contributed by atoms with Crippen LogP contribution >= 0.6 is 11.8 Å². The number of phenolic OH excluding ortho intramolecular Hbond substituents is 1. The van der Waals surface area contributed by atoms with Crippen LogP contribution in [-0.2, 0) is 5.75 Å². The molecule has 138 valence electrons. The molecule has 0 bridgehead atoms. The average Bonchev–Trinajstić information content (AvgIpc) is 2.53. The first-order chi connectivity index (χ1) is 11.5. The molecule has 1 nitrogen and oxygen atoms in total. The summed E-state index contributed by atoms with van der Waals surface area (Å²) >= 11 is 2.04. The predicted molar refractivity (Wildman–Crippen MR) is 110 cm³/mol. The highest BCUT2D eigenvalue weighted by molar-refractivity contribution is 7.98. The lowest BCUT2D eigenvalue weighted by molar-refractivity contribution is 0.454. The Morgan fingerprint density at radius 3 is 1.83 bits per heavy atom. The Morgan fingerprint density at radius 1 is 0.833 bits per heavy atom. The fourth-order valence-corrected chi connectivity index (χ4v) is 4.01. The summed E-state index contributed by atoms with van der Waals surface area (Å²) in [5.41, 5.74) is 3.58. The van der Waals surface area contributed by atoms with Crippen LogP contribution in [0.25, 0.3) is 0 Å². The van der Waals surface area contributed by atoms with E-state index in [4.69, 9.17) is 0 Å². The second kappa shape index (κ2) is 11.8. The second-order valence-corrected chi connectivity index (χ2v) is 8.71. The molecule has 0 amide bonds. The third-order valence-corrected chi connectivity index (χ3v) is 5.75. The van der Waals surface area contributed by atoms with Gasteiger partial charge in [-0.1, -0.05) is 85.3 Å². The van der Waals surface area contributed by atoms with Crippen molar-refractivity contribution in [2.75, 3.05) is 5.75 Å². The van der Waals surface area contributed by atoms with Gasteiger partial charge in [0.25, 0.3) is 0 Å². The maximum absolute atomic E-state index is 10.5. The molecular weight excluding hydrogens is 312 g/mol. The Balaban J connectivity index is 2.42. The molecule has 1 N–H and O–H groups in total. The summed E-state index contributed by atoms with van der Waals surface area (Å²) in [7, 11) is 0. The van der Waals surface area contributed by atoms with Crippen molar-refractivity contribution in [2.45, 2.75) is 97.2 Å². The molecule has 0 radical (unpaired) electrons. The summed E-state index contributed by atoms with van der Waals surface area (Å²) < 4.78 is 0. The largest absolute Gasteiger partial charge is 0.507 e. The quantitative estimate of drug-likeness (QED) is 0.391. The monoisotopic (exact) mass is 350 g/mol. The first-order valence-electron chi connectivity index (χ1n) is 9.90. The molecule has 1 aromatic carbocycles. The number of hydrogen-bond acceptors (Lipinski definition) is 2. The second-order valence-electron chi connectivity index (χ2n) is 7.61. The molecule has 24 heavy (non-hydrogen) atoms. The summed E-state index contributed by atoms with van der Waals surface area (Å²) in [5.74, 6) is 3.57. The summed E-state index contributed by atoms with van der Waals surface area (Å²) in [5, 5.41) is 10.5. The van der Waals surface area contributed by atoms with E-state index >= 15 is 0 Å². The van der Waals surface area contributed by atoms with Crippen LogP contribution in [0.4, 0.5) is 0 Å². The van der Waals surface area contributed by atoms with Gasteiger partial charge in [0.2, 0.25) is 0 Å². The first kappa shape index (κ1) is 21.4. The normalized spacial score (nSPS) is 11.6. The molecule has 0 saturated carbocycles. The zero-order chi connectivity index (χ0) is 17.9. The van der Waals surface area contributed by atoms with Crippen LogP contribution in [0.3, 0.4) is 0 Å². The van der Waals surface area contributed by atoms with Crippen LogP contribution in [0.15, 0.2) is 12.1 Å². The van der Waals surface area contributed by atoms with Crippen LogP contribution in [0.1, 0.15) is 108 Å². The molecule has 0 aliphatic rings. The van der Waals surface area contributed by atoms with Gasteiger partial charge >= 0.3 is 0 Å². The van der Waals surface area contributed by atoms with Gasteiger partial charge < -0.3 is 5.11 Å². The number of hydrogen-bond donors (Lipinski definition) is 1. The third-order valence-electron chi connectivity index (χ3n) is 4.63. The third kappa shape index (κ3) is 7.51. The van der Waals surface area contributed by atoms with E-state index < -0.39 is 0 Å². The number of aromatic hydroxyl groups is 1. The van der Waals surface area contributed by atoms with E-state index in [2.05, 4.69) is 46.8 Å². The molecule has 0 saturated heterocycles. The first-order valence-corrected chi connectivity index (χ1v) is 11.1. The maximum atomic E-state index is 10.5. The minimum absolute atomic E-state index is 0.371. The van der Waals surface area contributed by atoms with E-state index in [9.17, 15) is 5.11 Å². The van der Waals surface area contributed by atoms with Crippen LogP contribution in [0.5, 0.6) is 5.75 Å². The molecule has 1 aromatic rings. The van der Waals surface area contributed by atoms with Crippen LogP contribution in [-0.4, -0.2) is 10.9 Å². The van der Waals surface area contributed by atoms with Crippen molar-refractivity contribution in [3.63, 3.8) is 0 Å². The molecule has 0 unspecified atom stereocenters. The van der Waals surface area contributed by atoms with Crippen LogP contribution in [0.2, 0.25) is 0 Å². The number of rotatable bonds is 12. The lowest BCUT2D eigenvalue weighted by Gasteiger charge is -2.17.